The van der Waals surface area contributed by atoms with Gasteiger partial charge in [0.05, 0.1) is 12.4 Å². The van der Waals surface area contributed by atoms with Crippen LogP contribution < -0.4 is 10.0 Å². The topological polar surface area (TPSA) is 67.4 Å². The van der Waals surface area contributed by atoms with E-state index in [-0.39, 0.29) is 5.75 Å². The summed E-state index contributed by atoms with van der Waals surface area (Å²) in [5, 5.41) is 3.10. The van der Waals surface area contributed by atoms with E-state index in [2.05, 4.69) is 23.9 Å². The van der Waals surface area contributed by atoms with Gasteiger partial charge in [0.2, 0.25) is 10.0 Å². The van der Waals surface area contributed by atoms with E-state index < -0.39 is 10.0 Å². The van der Waals surface area contributed by atoms with Gasteiger partial charge in [0, 0.05) is 13.2 Å². The van der Waals surface area contributed by atoms with Crippen LogP contribution >= 0.6 is 0 Å². The molecule has 0 aliphatic carbocycles. The number of nitrogens with one attached hydrogen (secondary N) is 2. The third-order valence-electron chi connectivity index (χ3n) is 2.42. The van der Waals surface area contributed by atoms with Gasteiger partial charge >= 0.3 is 0 Å². The Morgan fingerprint density at radius 2 is 1.89 bits per heavy atom. The van der Waals surface area contributed by atoms with E-state index in [4.69, 9.17) is 4.74 Å². The van der Waals surface area contributed by atoms with Crippen LogP contribution in [0.2, 0.25) is 0 Å². The van der Waals surface area contributed by atoms with Gasteiger partial charge in [0.25, 0.3) is 0 Å². The predicted octanol–water partition coefficient (Wildman–Crippen LogP) is 0.968. The first kappa shape index (κ1) is 17.8. The van der Waals surface area contributed by atoms with E-state index in [9.17, 15) is 8.42 Å². The summed E-state index contributed by atoms with van der Waals surface area (Å²) in [6.45, 7) is 9.38. The standard InChI is InChI=1S/C12H28N2O3S/c1-4-13-7-5-11-18(15,16)14-8-10-17-9-6-12(2)3/h12-14H,4-11H2,1-3H3. The fraction of sp³-hybridized carbons (Fsp3) is 1.00. The molecule has 0 spiro atoms. The molecule has 0 rings (SSSR count). The molecule has 5 nitrogen and oxygen atoms in total. The van der Waals surface area contributed by atoms with Crippen LogP contribution in [0.4, 0.5) is 0 Å². The normalized spacial score (nSPS) is 12.2. The molecule has 0 saturated heterocycles. The van der Waals surface area contributed by atoms with E-state index in [1.807, 2.05) is 6.92 Å². The van der Waals surface area contributed by atoms with Crippen molar-refractivity contribution in [3.05, 3.63) is 0 Å². The maximum Gasteiger partial charge on any atom is 0.211 e. The van der Waals surface area contributed by atoms with Crippen molar-refractivity contribution >= 4 is 10.0 Å². The highest BCUT2D eigenvalue weighted by Crippen LogP contribution is 1.98. The minimum absolute atomic E-state index is 0.173. The van der Waals surface area contributed by atoms with Crippen molar-refractivity contribution < 1.29 is 13.2 Å². The van der Waals surface area contributed by atoms with E-state index in [0.29, 0.717) is 32.1 Å². The highest BCUT2D eigenvalue weighted by atomic mass is 32.2. The summed E-state index contributed by atoms with van der Waals surface area (Å²) in [5.41, 5.74) is 0. The third-order valence-corrected chi connectivity index (χ3v) is 3.89. The van der Waals surface area contributed by atoms with E-state index >= 15 is 0 Å². The molecule has 0 amide bonds. The van der Waals surface area contributed by atoms with Gasteiger partial charge in [-0.1, -0.05) is 20.8 Å². The molecule has 0 atom stereocenters. The van der Waals surface area contributed by atoms with Crippen molar-refractivity contribution in [1.82, 2.24) is 10.0 Å². The van der Waals surface area contributed by atoms with Crippen LogP contribution in [0.1, 0.15) is 33.6 Å². The average Bonchev–Trinajstić information content (AvgIpc) is 2.29. The van der Waals surface area contributed by atoms with Crippen molar-refractivity contribution in [1.29, 1.82) is 0 Å². The van der Waals surface area contributed by atoms with Crippen LogP contribution in [0.5, 0.6) is 0 Å². The summed E-state index contributed by atoms with van der Waals surface area (Å²) in [5.74, 6) is 0.791. The second kappa shape index (κ2) is 10.7. The van der Waals surface area contributed by atoms with Crippen molar-refractivity contribution in [2.24, 2.45) is 5.92 Å². The molecule has 110 valence electrons. The van der Waals surface area contributed by atoms with Gasteiger partial charge < -0.3 is 10.1 Å². The lowest BCUT2D eigenvalue weighted by Gasteiger charge is -2.08. The van der Waals surface area contributed by atoms with Crippen LogP contribution in [-0.4, -0.2) is 47.0 Å². The molecule has 0 bridgehead atoms. The molecule has 0 fully saturated rings. The number of sulfonamides is 1. The smallest absolute Gasteiger partial charge is 0.211 e. The van der Waals surface area contributed by atoms with Crippen LogP contribution in [0.15, 0.2) is 0 Å². The summed E-state index contributed by atoms with van der Waals surface area (Å²) in [4.78, 5) is 0. The molecule has 18 heavy (non-hydrogen) atoms. The van der Waals surface area contributed by atoms with Gasteiger partial charge in [-0.15, -0.1) is 0 Å². The van der Waals surface area contributed by atoms with Gasteiger partial charge in [0.15, 0.2) is 0 Å². The lowest BCUT2D eigenvalue weighted by atomic mass is 10.1. The number of rotatable bonds is 12. The van der Waals surface area contributed by atoms with E-state index in [1.165, 1.54) is 0 Å². The highest BCUT2D eigenvalue weighted by Gasteiger charge is 2.08. The molecule has 0 aliphatic rings. The SMILES string of the molecule is CCNCCCS(=O)(=O)NCCOCCC(C)C. The van der Waals surface area contributed by atoms with Crippen LogP contribution in [0.25, 0.3) is 0 Å². The fourth-order valence-corrected chi connectivity index (χ4v) is 2.39. The Bertz CT molecular complexity index is 279. The predicted molar refractivity (Wildman–Crippen MR) is 75.2 cm³/mol. The number of ether oxygens (including phenoxy) is 1. The Balaban J connectivity index is 3.47. The quantitative estimate of drug-likeness (QED) is 0.523. The van der Waals surface area contributed by atoms with Crippen molar-refractivity contribution in [2.75, 3.05) is 38.6 Å². The minimum atomic E-state index is -3.14. The maximum absolute atomic E-state index is 11.5. The monoisotopic (exact) mass is 280 g/mol. The Hall–Kier alpha value is -0.170. The maximum atomic E-state index is 11.5. The first-order chi connectivity index (χ1) is 8.48. The van der Waals surface area contributed by atoms with Gasteiger partial charge in [-0.2, -0.15) is 0 Å². The van der Waals surface area contributed by atoms with Crippen LogP contribution in [0.3, 0.4) is 0 Å². The van der Waals surface area contributed by atoms with E-state index in [0.717, 1.165) is 19.5 Å². The first-order valence-corrected chi connectivity index (χ1v) is 8.39. The van der Waals surface area contributed by atoms with Crippen molar-refractivity contribution in [3.63, 3.8) is 0 Å². The fourth-order valence-electron chi connectivity index (χ4n) is 1.33. The Labute approximate surface area is 112 Å². The van der Waals surface area contributed by atoms with Crippen LogP contribution in [0, 0.1) is 5.92 Å². The summed E-state index contributed by atoms with van der Waals surface area (Å²) >= 11 is 0. The Morgan fingerprint density at radius 1 is 1.17 bits per heavy atom. The van der Waals surface area contributed by atoms with Crippen LogP contribution in [-0.2, 0) is 14.8 Å². The zero-order valence-electron chi connectivity index (χ0n) is 11.9. The molecule has 0 aromatic heterocycles. The Morgan fingerprint density at radius 3 is 2.50 bits per heavy atom. The lowest BCUT2D eigenvalue weighted by Crippen LogP contribution is -2.31. The lowest BCUT2D eigenvalue weighted by molar-refractivity contribution is 0.128. The van der Waals surface area contributed by atoms with Crippen molar-refractivity contribution in [2.45, 2.75) is 33.6 Å². The molecule has 0 saturated carbocycles. The van der Waals surface area contributed by atoms with E-state index in [1.54, 1.807) is 0 Å². The zero-order valence-corrected chi connectivity index (χ0v) is 12.7. The summed E-state index contributed by atoms with van der Waals surface area (Å²) < 4.78 is 31.0. The molecule has 0 aromatic carbocycles. The second-order valence-corrected chi connectivity index (χ2v) is 6.64. The first-order valence-electron chi connectivity index (χ1n) is 6.73. The number of hydrogen-bond donors (Lipinski definition) is 2. The Kier molecular flexibility index (Phi) is 10.6. The second-order valence-electron chi connectivity index (χ2n) is 4.72. The molecule has 0 aromatic rings. The molecule has 0 heterocycles. The van der Waals surface area contributed by atoms with Gasteiger partial charge in [-0.05, 0) is 31.8 Å². The average molecular weight is 280 g/mol. The third kappa shape index (κ3) is 12.3. The molecular formula is C12H28N2O3S. The van der Waals surface area contributed by atoms with Crippen molar-refractivity contribution in [3.8, 4) is 0 Å². The number of hydrogen-bond acceptors (Lipinski definition) is 4. The molecule has 6 heteroatoms. The largest absolute Gasteiger partial charge is 0.380 e. The molecular weight excluding hydrogens is 252 g/mol. The molecule has 2 N–H and O–H groups in total. The molecule has 0 unspecified atom stereocenters. The highest BCUT2D eigenvalue weighted by molar-refractivity contribution is 7.89. The molecule has 0 radical (unpaired) electrons. The summed E-state index contributed by atoms with van der Waals surface area (Å²) in [7, 11) is -3.14. The summed E-state index contributed by atoms with van der Waals surface area (Å²) in [6, 6.07) is 0. The van der Waals surface area contributed by atoms with Gasteiger partial charge in [-0.3, -0.25) is 0 Å². The van der Waals surface area contributed by atoms with Gasteiger partial charge in [0.1, 0.15) is 0 Å². The zero-order chi connectivity index (χ0) is 13.9. The minimum Gasteiger partial charge on any atom is -0.380 e. The molecule has 0 aliphatic heterocycles. The summed E-state index contributed by atoms with van der Waals surface area (Å²) in [6.07, 6.45) is 1.65. The van der Waals surface area contributed by atoms with Gasteiger partial charge in [-0.25, -0.2) is 13.1 Å².